The van der Waals surface area contributed by atoms with Gasteiger partial charge in [-0.3, -0.25) is 4.79 Å². The second-order valence-electron chi connectivity index (χ2n) is 3.19. The summed E-state index contributed by atoms with van der Waals surface area (Å²) in [7, 11) is 0. The van der Waals surface area contributed by atoms with E-state index < -0.39 is 0 Å². The molecule has 0 saturated carbocycles. The summed E-state index contributed by atoms with van der Waals surface area (Å²) < 4.78 is 1.44. The Labute approximate surface area is 81.9 Å². The highest BCUT2D eigenvalue weighted by atomic mass is 16.3. The average Bonchev–Trinajstić information content (AvgIpc) is 2.66. The molecule has 1 aromatic heterocycles. The van der Waals surface area contributed by atoms with E-state index >= 15 is 0 Å². The number of aliphatic hydroxyl groups is 1. The van der Waals surface area contributed by atoms with E-state index in [0.29, 0.717) is 6.54 Å². The van der Waals surface area contributed by atoms with Gasteiger partial charge in [0.2, 0.25) is 5.91 Å². The third-order valence-electron chi connectivity index (χ3n) is 1.74. The van der Waals surface area contributed by atoms with Gasteiger partial charge in [-0.25, -0.2) is 4.68 Å². The van der Waals surface area contributed by atoms with Gasteiger partial charge < -0.3 is 10.4 Å². The van der Waals surface area contributed by atoms with E-state index in [2.05, 4.69) is 15.6 Å². The van der Waals surface area contributed by atoms with Crippen molar-refractivity contribution in [2.75, 3.05) is 13.2 Å². The van der Waals surface area contributed by atoms with Crippen LogP contribution in [0.2, 0.25) is 0 Å². The molecule has 0 radical (unpaired) electrons. The number of aromatic nitrogens is 3. The molecule has 0 fully saturated rings. The summed E-state index contributed by atoms with van der Waals surface area (Å²) in [4.78, 5) is 11.2. The summed E-state index contributed by atoms with van der Waals surface area (Å²) in [6.07, 6.45) is 3.14. The first kappa shape index (κ1) is 10.6. The van der Waals surface area contributed by atoms with Crippen molar-refractivity contribution in [1.29, 1.82) is 0 Å². The maximum atomic E-state index is 11.2. The zero-order chi connectivity index (χ0) is 10.4. The minimum Gasteiger partial charge on any atom is -0.396 e. The molecule has 1 atom stereocenters. The van der Waals surface area contributed by atoms with Gasteiger partial charge in [-0.2, -0.15) is 0 Å². The van der Waals surface area contributed by atoms with Crippen molar-refractivity contribution < 1.29 is 9.90 Å². The van der Waals surface area contributed by atoms with Gasteiger partial charge in [-0.15, -0.1) is 5.10 Å². The largest absolute Gasteiger partial charge is 0.396 e. The lowest BCUT2D eigenvalue weighted by molar-refractivity contribution is -0.122. The highest BCUT2D eigenvalue weighted by molar-refractivity contribution is 5.75. The van der Waals surface area contributed by atoms with Crippen molar-refractivity contribution in [3.63, 3.8) is 0 Å². The molecule has 0 saturated heterocycles. The van der Waals surface area contributed by atoms with E-state index in [1.165, 1.54) is 10.9 Å². The smallest absolute Gasteiger partial charge is 0.241 e. The topological polar surface area (TPSA) is 80.0 Å². The Balaban J connectivity index is 2.23. The molecule has 0 bridgehead atoms. The van der Waals surface area contributed by atoms with E-state index in [0.717, 1.165) is 0 Å². The number of nitrogens with zero attached hydrogens (tertiary/aromatic N) is 3. The number of carbonyl (C=O) groups excluding carboxylic acids is 1. The quantitative estimate of drug-likeness (QED) is 0.637. The molecule has 0 aliphatic carbocycles. The lowest BCUT2D eigenvalue weighted by Gasteiger charge is -2.09. The van der Waals surface area contributed by atoms with Gasteiger partial charge in [0.15, 0.2) is 0 Å². The summed E-state index contributed by atoms with van der Waals surface area (Å²) >= 11 is 0. The molecule has 6 heteroatoms. The van der Waals surface area contributed by atoms with Crippen LogP contribution in [0.1, 0.15) is 6.92 Å². The number of aliphatic hydroxyl groups excluding tert-OH is 1. The Bertz CT molecular complexity index is 273. The van der Waals surface area contributed by atoms with Crippen LogP contribution in [0, 0.1) is 5.92 Å². The average molecular weight is 198 g/mol. The number of carbonyl (C=O) groups is 1. The fourth-order valence-electron chi connectivity index (χ4n) is 0.873. The minimum absolute atomic E-state index is 0.0730. The van der Waals surface area contributed by atoms with Gasteiger partial charge in [0.1, 0.15) is 6.54 Å². The van der Waals surface area contributed by atoms with Crippen LogP contribution in [-0.4, -0.2) is 39.2 Å². The SMILES string of the molecule is CC(CO)CNC(=O)Cn1ccnn1. The summed E-state index contributed by atoms with van der Waals surface area (Å²) in [5.74, 6) is -0.0505. The standard InChI is InChI=1S/C8H14N4O2/c1-7(6-13)4-9-8(14)5-12-3-2-10-11-12/h2-3,7,13H,4-6H2,1H3,(H,9,14). The predicted molar refractivity (Wildman–Crippen MR) is 49.3 cm³/mol. The highest BCUT2D eigenvalue weighted by Crippen LogP contribution is 1.89. The second kappa shape index (κ2) is 5.33. The van der Waals surface area contributed by atoms with Crippen LogP contribution in [0.15, 0.2) is 12.4 Å². The molecule has 0 aliphatic heterocycles. The van der Waals surface area contributed by atoms with Gasteiger partial charge in [0.25, 0.3) is 0 Å². The fraction of sp³-hybridized carbons (Fsp3) is 0.625. The lowest BCUT2D eigenvalue weighted by Crippen LogP contribution is -2.32. The van der Waals surface area contributed by atoms with Crippen molar-refractivity contribution in [3.05, 3.63) is 12.4 Å². The zero-order valence-electron chi connectivity index (χ0n) is 8.05. The summed E-state index contributed by atoms with van der Waals surface area (Å²) in [6.45, 7) is 2.57. The number of rotatable bonds is 5. The lowest BCUT2D eigenvalue weighted by atomic mass is 10.2. The Morgan fingerprint density at radius 3 is 3.07 bits per heavy atom. The van der Waals surface area contributed by atoms with Crippen LogP contribution in [-0.2, 0) is 11.3 Å². The van der Waals surface area contributed by atoms with E-state index in [9.17, 15) is 4.79 Å². The van der Waals surface area contributed by atoms with Crippen LogP contribution < -0.4 is 5.32 Å². The van der Waals surface area contributed by atoms with Crippen LogP contribution in [0.3, 0.4) is 0 Å². The van der Waals surface area contributed by atoms with Crippen LogP contribution >= 0.6 is 0 Å². The molecule has 0 aromatic carbocycles. The van der Waals surface area contributed by atoms with Gasteiger partial charge >= 0.3 is 0 Å². The Morgan fingerprint density at radius 1 is 1.71 bits per heavy atom. The molecule has 0 spiro atoms. The number of nitrogens with one attached hydrogen (secondary N) is 1. The first-order chi connectivity index (χ1) is 6.72. The van der Waals surface area contributed by atoms with Crippen LogP contribution in [0.4, 0.5) is 0 Å². The van der Waals surface area contributed by atoms with Crippen molar-refractivity contribution >= 4 is 5.91 Å². The molecular formula is C8H14N4O2. The molecule has 1 amide bonds. The van der Waals surface area contributed by atoms with Gasteiger partial charge in [0.05, 0.1) is 6.20 Å². The summed E-state index contributed by atoms with van der Waals surface area (Å²) in [5.41, 5.74) is 0. The maximum Gasteiger partial charge on any atom is 0.241 e. The zero-order valence-corrected chi connectivity index (χ0v) is 8.05. The predicted octanol–water partition coefficient (Wildman–Crippen LogP) is -0.977. The molecule has 1 aromatic rings. The normalized spacial score (nSPS) is 12.4. The third-order valence-corrected chi connectivity index (χ3v) is 1.74. The fourth-order valence-corrected chi connectivity index (χ4v) is 0.873. The molecule has 2 N–H and O–H groups in total. The third kappa shape index (κ3) is 3.53. The number of amides is 1. The molecule has 6 nitrogen and oxygen atoms in total. The van der Waals surface area contributed by atoms with Gasteiger partial charge in [0, 0.05) is 19.3 Å². The number of hydrogen-bond donors (Lipinski definition) is 2. The van der Waals surface area contributed by atoms with E-state index in [1.807, 2.05) is 6.92 Å². The maximum absolute atomic E-state index is 11.2. The molecule has 1 rings (SSSR count). The Kier molecular flexibility index (Phi) is 4.06. The molecule has 0 aliphatic rings. The monoisotopic (exact) mass is 198 g/mol. The van der Waals surface area contributed by atoms with Crippen molar-refractivity contribution in [2.45, 2.75) is 13.5 Å². The molecule has 14 heavy (non-hydrogen) atoms. The number of hydrogen-bond acceptors (Lipinski definition) is 4. The first-order valence-corrected chi connectivity index (χ1v) is 4.44. The minimum atomic E-state index is -0.129. The summed E-state index contributed by atoms with van der Waals surface area (Å²) in [6, 6.07) is 0. The van der Waals surface area contributed by atoms with Crippen molar-refractivity contribution in [1.82, 2.24) is 20.3 Å². The summed E-state index contributed by atoms with van der Waals surface area (Å²) in [5, 5.41) is 18.6. The van der Waals surface area contributed by atoms with Crippen LogP contribution in [0.25, 0.3) is 0 Å². The van der Waals surface area contributed by atoms with E-state index in [-0.39, 0.29) is 25.0 Å². The van der Waals surface area contributed by atoms with Crippen molar-refractivity contribution in [2.24, 2.45) is 5.92 Å². The Hall–Kier alpha value is -1.43. The molecule has 78 valence electrons. The first-order valence-electron chi connectivity index (χ1n) is 4.44. The molecule has 1 heterocycles. The molecule has 1 unspecified atom stereocenters. The van der Waals surface area contributed by atoms with Gasteiger partial charge in [-0.05, 0) is 5.92 Å². The van der Waals surface area contributed by atoms with Crippen molar-refractivity contribution in [3.8, 4) is 0 Å². The highest BCUT2D eigenvalue weighted by Gasteiger charge is 2.05. The second-order valence-corrected chi connectivity index (χ2v) is 3.19. The van der Waals surface area contributed by atoms with Gasteiger partial charge in [-0.1, -0.05) is 12.1 Å². The molecular weight excluding hydrogens is 184 g/mol. The Morgan fingerprint density at radius 2 is 2.50 bits per heavy atom. The van der Waals surface area contributed by atoms with Crippen LogP contribution in [0.5, 0.6) is 0 Å². The van der Waals surface area contributed by atoms with E-state index in [4.69, 9.17) is 5.11 Å². The van der Waals surface area contributed by atoms with E-state index in [1.54, 1.807) is 6.20 Å².